The molecule has 1 heterocycles. The number of carboxylic acids is 1. The number of aliphatic hydroxyl groups excluding tert-OH is 3. The second-order valence-corrected chi connectivity index (χ2v) is 8.27. The third-order valence-corrected chi connectivity index (χ3v) is 5.59. The van der Waals surface area contributed by atoms with Crippen LogP contribution in [0.15, 0.2) is 0 Å². The van der Waals surface area contributed by atoms with Gasteiger partial charge in [-0.1, -0.05) is 64.7 Å². The van der Waals surface area contributed by atoms with Gasteiger partial charge in [0, 0.05) is 39.1 Å². The van der Waals surface area contributed by atoms with Crippen molar-refractivity contribution in [2.45, 2.75) is 77.6 Å². The highest BCUT2D eigenvalue weighted by atomic mass is 16.4. The first kappa shape index (κ1) is 29.8. The van der Waals surface area contributed by atoms with E-state index in [-0.39, 0.29) is 32.1 Å². The molecule has 0 bridgehead atoms. The molecule has 0 aromatic rings. The summed E-state index contributed by atoms with van der Waals surface area (Å²) in [6, 6.07) is 0. The Hall–Kier alpha value is -1.22. The Balaban J connectivity index is 0.000000759. The van der Waals surface area contributed by atoms with Crippen molar-refractivity contribution in [2.24, 2.45) is 5.92 Å². The quantitative estimate of drug-likeness (QED) is 0.238. The van der Waals surface area contributed by atoms with E-state index < -0.39 is 11.9 Å². The molecule has 4 N–H and O–H groups in total. The summed E-state index contributed by atoms with van der Waals surface area (Å²) in [5.41, 5.74) is 0. The fourth-order valence-corrected chi connectivity index (χ4v) is 3.70. The lowest BCUT2D eigenvalue weighted by atomic mass is 10.1. The second-order valence-electron chi connectivity index (χ2n) is 8.27. The molecule has 1 atom stereocenters. The molecule has 31 heavy (non-hydrogen) atoms. The first-order valence-corrected chi connectivity index (χ1v) is 12.1. The van der Waals surface area contributed by atoms with E-state index in [9.17, 15) is 9.59 Å². The van der Waals surface area contributed by atoms with E-state index in [2.05, 4.69) is 6.92 Å². The van der Waals surface area contributed by atoms with Crippen molar-refractivity contribution in [3.05, 3.63) is 0 Å². The van der Waals surface area contributed by atoms with Crippen LogP contribution in [0.3, 0.4) is 0 Å². The summed E-state index contributed by atoms with van der Waals surface area (Å²) in [4.78, 5) is 26.0. The van der Waals surface area contributed by atoms with Crippen LogP contribution in [-0.2, 0) is 9.59 Å². The fourth-order valence-electron chi connectivity index (χ4n) is 3.70. The molecule has 0 aliphatic carbocycles. The average Bonchev–Trinajstić information content (AvgIpc) is 3.11. The third-order valence-electron chi connectivity index (χ3n) is 5.59. The molecule has 0 aromatic heterocycles. The third kappa shape index (κ3) is 16.1. The van der Waals surface area contributed by atoms with Crippen LogP contribution in [0.5, 0.6) is 0 Å². The van der Waals surface area contributed by atoms with E-state index in [1.807, 2.05) is 0 Å². The van der Waals surface area contributed by atoms with Gasteiger partial charge in [-0.05, 0) is 6.42 Å². The minimum Gasteiger partial charge on any atom is -0.481 e. The Kier molecular flexibility index (Phi) is 19.9. The van der Waals surface area contributed by atoms with Crippen LogP contribution in [0.4, 0.5) is 0 Å². The Labute approximate surface area is 188 Å². The number of amides is 1. The maximum atomic E-state index is 11.6. The van der Waals surface area contributed by atoms with Gasteiger partial charge in [0.25, 0.3) is 0 Å². The molecule has 1 unspecified atom stereocenters. The van der Waals surface area contributed by atoms with Gasteiger partial charge in [-0.3, -0.25) is 14.5 Å². The summed E-state index contributed by atoms with van der Waals surface area (Å²) in [6.07, 6.45) is 13.0. The van der Waals surface area contributed by atoms with Crippen LogP contribution >= 0.6 is 0 Å². The van der Waals surface area contributed by atoms with Crippen molar-refractivity contribution in [3.8, 4) is 0 Å². The van der Waals surface area contributed by atoms with Gasteiger partial charge in [0.1, 0.15) is 0 Å². The van der Waals surface area contributed by atoms with Crippen LogP contribution in [0.1, 0.15) is 77.6 Å². The van der Waals surface area contributed by atoms with E-state index in [1.54, 1.807) is 9.80 Å². The number of carbonyl (C=O) groups excluding carboxylic acids is 1. The Morgan fingerprint density at radius 2 is 1.32 bits per heavy atom. The minimum atomic E-state index is -0.839. The number of carbonyl (C=O) groups is 2. The fraction of sp³-hybridized carbons (Fsp3) is 0.913. The molecule has 1 rings (SSSR count). The summed E-state index contributed by atoms with van der Waals surface area (Å²) < 4.78 is 0. The Morgan fingerprint density at radius 3 is 1.71 bits per heavy atom. The maximum Gasteiger partial charge on any atom is 0.308 e. The summed E-state index contributed by atoms with van der Waals surface area (Å²) in [6.45, 7) is 5.14. The molecule has 1 saturated heterocycles. The highest BCUT2D eigenvalue weighted by Crippen LogP contribution is 2.19. The lowest BCUT2D eigenvalue weighted by molar-refractivity contribution is -0.141. The summed E-state index contributed by atoms with van der Waals surface area (Å²) in [5, 5.41) is 34.4. The predicted octanol–water partition coefficient (Wildman–Crippen LogP) is 2.11. The first-order valence-electron chi connectivity index (χ1n) is 12.1. The molecule has 8 heteroatoms. The highest BCUT2D eigenvalue weighted by Gasteiger charge is 2.33. The van der Waals surface area contributed by atoms with Gasteiger partial charge in [-0.25, -0.2) is 0 Å². The molecule has 1 aliphatic heterocycles. The number of aliphatic carboxylic acids is 1. The van der Waals surface area contributed by atoms with Crippen molar-refractivity contribution < 1.29 is 30.0 Å². The lowest BCUT2D eigenvalue weighted by Gasteiger charge is -2.17. The smallest absolute Gasteiger partial charge is 0.308 e. The molecular formula is C23H46N2O6. The lowest BCUT2D eigenvalue weighted by Crippen LogP contribution is -2.32. The summed E-state index contributed by atoms with van der Waals surface area (Å²) in [5.74, 6) is -1.31. The molecule has 184 valence electrons. The normalized spacial score (nSPS) is 16.0. The zero-order valence-corrected chi connectivity index (χ0v) is 19.5. The summed E-state index contributed by atoms with van der Waals surface area (Å²) >= 11 is 0. The maximum absolute atomic E-state index is 11.6. The van der Waals surface area contributed by atoms with E-state index in [4.69, 9.17) is 20.4 Å². The van der Waals surface area contributed by atoms with Crippen LogP contribution < -0.4 is 0 Å². The van der Waals surface area contributed by atoms with Gasteiger partial charge in [0.2, 0.25) is 5.91 Å². The number of hydrogen-bond acceptors (Lipinski definition) is 6. The van der Waals surface area contributed by atoms with Crippen LogP contribution in [0.25, 0.3) is 0 Å². The number of carboxylic acid groups (broad SMARTS) is 1. The van der Waals surface area contributed by atoms with Gasteiger partial charge in [-0.2, -0.15) is 0 Å². The molecule has 8 nitrogen and oxygen atoms in total. The van der Waals surface area contributed by atoms with Crippen LogP contribution in [0, 0.1) is 5.92 Å². The van der Waals surface area contributed by atoms with Gasteiger partial charge in [0.05, 0.1) is 25.7 Å². The van der Waals surface area contributed by atoms with E-state index in [1.165, 1.54) is 51.4 Å². The Bertz CT molecular complexity index is 436. The molecule has 0 radical (unpaired) electrons. The molecule has 0 aromatic carbocycles. The van der Waals surface area contributed by atoms with Crippen molar-refractivity contribution in [2.75, 3.05) is 52.5 Å². The van der Waals surface area contributed by atoms with Crippen molar-refractivity contribution in [1.82, 2.24) is 9.80 Å². The number of likely N-dealkylation sites (tertiary alicyclic amines) is 1. The number of aliphatic hydroxyl groups is 3. The number of rotatable bonds is 18. The average molecular weight is 447 g/mol. The molecule has 0 spiro atoms. The second kappa shape index (κ2) is 20.7. The van der Waals surface area contributed by atoms with Gasteiger partial charge in [-0.15, -0.1) is 0 Å². The van der Waals surface area contributed by atoms with E-state index in [0.29, 0.717) is 26.2 Å². The van der Waals surface area contributed by atoms with Crippen molar-refractivity contribution >= 4 is 11.9 Å². The highest BCUT2D eigenvalue weighted by molar-refractivity contribution is 5.86. The SMILES string of the molecule is CCCCCCCCCCCCN1CC(C(=O)O)CC1=O.OCCN(CCO)CCO. The van der Waals surface area contributed by atoms with Crippen molar-refractivity contribution in [3.63, 3.8) is 0 Å². The van der Waals surface area contributed by atoms with Gasteiger partial charge in [0.15, 0.2) is 0 Å². The van der Waals surface area contributed by atoms with Crippen molar-refractivity contribution in [1.29, 1.82) is 0 Å². The number of nitrogens with zero attached hydrogens (tertiary/aromatic N) is 2. The monoisotopic (exact) mass is 446 g/mol. The molecule has 1 aliphatic rings. The standard InChI is InChI=1S/C17H31NO3.C6H15NO3/c1-2-3-4-5-6-7-8-9-10-11-12-18-14-15(17(20)21)13-16(18)19;8-4-1-7(2-5-9)3-6-10/h15H,2-14H2,1H3,(H,20,21);8-10H,1-6H2. The van der Waals surface area contributed by atoms with Crippen LogP contribution in [0.2, 0.25) is 0 Å². The Morgan fingerprint density at radius 1 is 0.871 bits per heavy atom. The predicted molar refractivity (Wildman–Crippen MR) is 122 cm³/mol. The molecule has 1 fully saturated rings. The largest absolute Gasteiger partial charge is 0.481 e. The topological polar surface area (TPSA) is 122 Å². The summed E-state index contributed by atoms with van der Waals surface area (Å²) in [7, 11) is 0. The first-order chi connectivity index (χ1) is 15.0. The van der Waals surface area contributed by atoms with E-state index in [0.717, 1.165) is 19.4 Å². The number of hydrogen-bond donors (Lipinski definition) is 4. The van der Waals surface area contributed by atoms with E-state index >= 15 is 0 Å². The van der Waals surface area contributed by atoms with Crippen LogP contribution in [-0.4, -0.2) is 94.6 Å². The zero-order valence-electron chi connectivity index (χ0n) is 19.5. The number of unbranched alkanes of at least 4 members (excludes halogenated alkanes) is 9. The minimum absolute atomic E-state index is 0.0123. The molecule has 1 amide bonds. The van der Waals surface area contributed by atoms with Gasteiger partial charge < -0.3 is 25.3 Å². The van der Waals surface area contributed by atoms with Gasteiger partial charge >= 0.3 is 5.97 Å². The molecule has 0 saturated carbocycles. The molecular weight excluding hydrogens is 400 g/mol. The zero-order chi connectivity index (χ0) is 23.3.